The highest BCUT2D eigenvalue weighted by Gasteiger charge is 2.32. The summed E-state index contributed by atoms with van der Waals surface area (Å²) in [6.45, 7) is 4.07. The summed E-state index contributed by atoms with van der Waals surface area (Å²) in [4.78, 5) is 31.8. The van der Waals surface area contributed by atoms with Crippen molar-refractivity contribution in [3.63, 3.8) is 0 Å². The number of rotatable bonds is 5. The van der Waals surface area contributed by atoms with E-state index in [2.05, 4.69) is 15.2 Å². The number of carboxylic acid groups (broad SMARTS) is 1. The minimum Gasteiger partial charge on any atom is -0.480 e. The molecule has 2 heterocycles. The molecule has 1 aromatic heterocycles. The molecule has 0 radical (unpaired) electrons. The van der Waals surface area contributed by atoms with Gasteiger partial charge in [-0.2, -0.15) is 0 Å². The molecule has 0 bridgehead atoms. The number of amides is 2. The van der Waals surface area contributed by atoms with Crippen molar-refractivity contribution < 1.29 is 14.7 Å². The van der Waals surface area contributed by atoms with Crippen LogP contribution in [0, 0.1) is 0 Å². The Bertz CT molecular complexity index is 1090. The fourth-order valence-corrected chi connectivity index (χ4v) is 4.39. The van der Waals surface area contributed by atoms with E-state index in [1.54, 1.807) is 4.90 Å². The number of hydrogen-bond acceptors (Lipinski definition) is 3. The van der Waals surface area contributed by atoms with Gasteiger partial charge in [-0.3, -0.25) is 0 Å². The summed E-state index contributed by atoms with van der Waals surface area (Å²) in [6, 6.07) is 14.0. The van der Waals surface area contributed by atoms with E-state index in [1.807, 2.05) is 61.7 Å². The lowest BCUT2D eigenvalue weighted by molar-refractivity contribution is -0.139. The second-order valence-electron chi connectivity index (χ2n) is 7.77. The van der Waals surface area contributed by atoms with Crippen LogP contribution in [-0.2, 0) is 4.79 Å². The van der Waals surface area contributed by atoms with Gasteiger partial charge in [-0.1, -0.05) is 48.9 Å². The van der Waals surface area contributed by atoms with Gasteiger partial charge in [0.2, 0.25) is 0 Å². The fraction of sp³-hybridized carbons (Fsp3) is 0.304. The number of H-pyrrole nitrogens is 1. The van der Waals surface area contributed by atoms with Crippen molar-refractivity contribution in [1.29, 1.82) is 0 Å². The van der Waals surface area contributed by atoms with E-state index < -0.39 is 17.9 Å². The highest BCUT2D eigenvalue weighted by atomic mass is 35.5. The zero-order valence-corrected chi connectivity index (χ0v) is 18.0. The normalized spacial score (nSPS) is 16.2. The molecular formula is C23H25ClN4O3. The summed E-state index contributed by atoms with van der Waals surface area (Å²) in [5, 5.41) is 14.2. The van der Waals surface area contributed by atoms with E-state index in [9.17, 15) is 14.7 Å². The first kappa shape index (κ1) is 21.1. The summed E-state index contributed by atoms with van der Waals surface area (Å²) in [5.41, 5.74) is 2.75. The summed E-state index contributed by atoms with van der Waals surface area (Å²) < 4.78 is 0. The molecule has 2 atom stereocenters. The van der Waals surface area contributed by atoms with Gasteiger partial charge in [0.25, 0.3) is 0 Å². The molecule has 4 rings (SSSR count). The van der Waals surface area contributed by atoms with Gasteiger partial charge < -0.3 is 25.2 Å². The first-order valence-electron chi connectivity index (χ1n) is 10.3. The number of carboxylic acids is 1. The monoisotopic (exact) mass is 440 g/mol. The van der Waals surface area contributed by atoms with Gasteiger partial charge in [0, 0.05) is 49.2 Å². The number of nitrogens with one attached hydrogen (secondary N) is 2. The Balaban J connectivity index is 1.42. The van der Waals surface area contributed by atoms with Gasteiger partial charge in [0.15, 0.2) is 0 Å². The molecule has 1 saturated heterocycles. The number of hydrogen-bond donors (Lipinski definition) is 3. The van der Waals surface area contributed by atoms with Crippen molar-refractivity contribution in [2.75, 3.05) is 31.1 Å². The number of urea groups is 1. The predicted octanol–water partition coefficient (Wildman–Crippen LogP) is 3.91. The molecule has 7 nitrogen and oxygen atoms in total. The standard InChI is InChI=1S/C23H25ClN4O3/c1-15(17-14-25-19-8-4-2-6-16(17)19)21(22(29)30)26-23(31)28-12-10-27(11-13-28)20-9-5-3-7-18(20)24/h2-9,14-15,21,25H,10-13H2,1H3,(H,26,31)(H,29,30)/t15-,21+/m0/s1. The van der Waals surface area contributed by atoms with Crippen LogP contribution in [0.15, 0.2) is 54.7 Å². The quantitative estimate of drug-likeness (QED) is 0.561. The van der Waals surface area contributed by atoms with Crippen molar-refractivity contribution in [2.24, 2.45) is 0 Å². The Labute approximate surface area is 185 Å². The lowest BCUT2D eigenvalue weighted by Gasteiger charge is -2.37. The Morgan fingerprint density at radius 1 is 1.06 bits per heavy atom. The van der Waals surface area contributed by atoms with Crippen LogP contribution in [0.4, 0.5) is 10.5 Å². The van der Waals surface area contributed by atoms with E-state index in [1.165, 1.54) is 0 Å². The van der Waals surface area contributed by atoms with Gasteiger partial charge in [-0.25, -0.2) is 9.59 Å². The Kier molecular flexibility index (Phi) is 6.04. The number of piperazine rings is 1. The van der Waals surface area contributed by atoms with Crippen LogP contribution in [0.25, 0.3) is 10.9 Å². The average molecular weight is 441 g/mol. The maximum Gasteiger partial charge on any atom is 0.326 e. The lowest BCUT2D eigenvalue weighted by Crippen LogP contribution is -2.55. The van der Waals surface area contributed by atoms with Crippen molar-refractivity contribution in [2.45, 2.75) is 18.9 Å². The van der Waals surface area contributed by atoms with Gasteiger partial charge in [0.05, 0.1) is 10.7 Å². The first-order valence-corrected chi connectivity index (χ1v) is 10.7. The van der Waals surface area contributed by atoms with Crippen LogP contribution in [0.1, 0.15) is 18.4 Å². The lowest BCUT2D eigenvalue weighted by atomic mass is 9.93. The molecule has 31 heavy (non-hydrogen) atoms. The molecule has 1 aliphatic heterocycles. The molecule has 0 unspecified atom stereocenters. The molecule has 1 aliphatic rings. The summed E-state index contributed by atoms with van der Waals surface area (Å²) >= 11 is 6.28. The van der Waals surface area contributed by atoms with Crippen LogP contribution in [0.3, 0.4) is 0 Å². The number of aromatic nitrogens is 1. The van der Waals surface area contributed by atoms with Gasteiger partial charge >= 0.3 is 12.0 Å². The summed E-state index contributed by atoms with van der Waals surface area (Å²) in [5.74, 6) is -1.46. The number of nitrogens with zero attached hydrogens (tertiary/aromatic N) is 2. The Morgan fingerprint density at radius 2 is 1.74 bits per heavy atom. The van der Waals surface area contributed by atoms with Gasteiger partial charge in [-0.15, -0.1) is 0 Å². The van der Waals surface area contributed by atoms with Crippen LogP contribution < -0.4 is 10.2 Å². The number of anilines is 1. The predicted molar refractivity (Wildman–Crippen MR) is 122 cm³/mol. The van der Waals surface area contributed by atoms with E-state index in [4.69, 9.17) is 11.6 Å². The summed E-state index contributed by atoms with van der Waals surface area (Å²) in [6.07, 6.45) is 1.82. The number of benzene rings is 2. The first-order chi connectivity index (χ1) is 15.0. The maximum atomic E-state index is 12.9. The highest BCUT2D eigenvalue weighted by molar-refractivity contribution is 6.33. The average Bonchev–Trinajstić information content (AvgIpc) is 3.21. The number of fused-ring (bicyclic) bond motifs is 1. The molecule has 0 saturated carbocycles. The highest BCUT2D eigenvalue weighted by Crippen LogP contribution is 2.28. The molecule has 3 aromatic rings. The van der Waals surface area contributed by atoms with E-state index in [0.717, 1.165) is 22.2 Å². The SMILES string of the molecule is C[C@@H](c1c[nH]c2ccccc12)[C@@H](NC(=O)N1CCN(c2ccccc2Cl)CC1)C(=O)O. The number of aliphatic carboxylic acids is 1. The molecule has 0 aliphatic carbocycles. The van der Waals surface area contributed by atoms with E-state index in [0.29, 0.717) is 31.2 Å². The minimum absolute atomic E-state index is 0.363. The third kappa shape index (κ3) is 4.32. The van der Waals surface area contributed by atoms with E-state index in [-0.39, 0.29) is 6.03 Å². The van der Waals surface area contributed by atoms with E-state index >= 15 is 0 Å². The number of para-hydroxylation sites is 2. The number of carbonyl (C=O) groups is 2. The van der Waals surface area contributed by atoms with Crippen molar-refractivity contribution in [1.82, 2.24) is 15.2 Å². The van der Waals surface area contributed by atoms with Gasteiger partial charge in [-0.05, 0) is 23.8 Å². The molecule has 3 N–H and O–H groups in total. The van der Waals surface area contributed by atoms with Gasteiger partial charge in [0.1, 0.15) is 6.04 Å². The topological polar surface area (TPSA) is 88.7 Å². The van der Waals surface area contributed by atoms with Crippen molar-refractivity contribution in [3.8, 4) is 0 Å². The third-order valence-corrected chi connectivity index (χ3v) is 6.24. The van der Waals surface area contributed by atoms with Crippen LogP contribution in [0.5, 0.6) is 0 Å². The summed E-state index contributed by atoms with van der Waals surface area (Å²) in [7, 11) is 0. The second kappa shape index (κ2) is 8.89. The smallest absolute Gasteiger partial charge is 0.326 e. The molecule has 2 amide bonds. The Morgan fingerprint density at radius 3 is 2.45 bits per heavy atom. The third-order valence-electron chi connectivity index (χ3n) is 5.92. The molecule has 1 fully saturated rings. The molecule has 2 aromatic carbocycles. The number of aromatic amines is 1. The number of halogens is 1. The molecule has 0 spiro atoms. The maximum absolute atomic E-state index is 12.9. The van der Waals surface area contributed by atoms with Crippen LogP contribution >= 0.6 is 11.6 Å². The zero-order chi connectivity index (χ0) is 22.0. The largest absolute Gasteiger partial charge is 0.480 e. The second-order valence-corrected chi connectivity index (χ2v) is 8.18. The fourth-order valence-electron chi connectivity index (χ4n) is 4.13. The molecule has 8 heteroatoms. The van der Waals surface area contributed by atoms with Crippen molar-refractivity contribution >= 4 is 40.2 Å². The van der Waals surface area contributed by atoms with Crippen molar-refractivity contribution in [3.05, 3.63) is 65.3 Å². The zero-order valence-electron chi connectivity index (χ0n) is 17.2. The minimum atomic E-state index is -1.05. The van der Waals surface area contributed by atoms with Crippen LogP contribution in [-0.4, -0.2) is 59.2 Å². The van der Waals surface area contributed by atoms with Crippen LogP contribution in [0.2, 0.25) is 5.02 Å². The molecular weight excluding hydrogens is 416 g/mol. The Hall–Kier alpha value is -3.19. The number of carbonyl (C=O) groups excluding carboxylic acids is 1. The molecule has 162 valence electrons.